The van der Waals surface area contributed by atoms with Crippen molar-refractivity contribution in [2.75, 3.05) is 5.32 Å². The number of hydrogen-bond donors (Lipinski definition) is 2. The van der Waals surface area contributed by atoms with Crippen molar-refractivity contribution in [1.82, 2.24) is 0 Å². The number of rotatable bonds is 3. The van der Waals surface area contributed by atoms with Gasteiger partial charge in [-0.05, 0) is 36.5 Å². The molecule has 1 aromatic rings. The second-order valence-corrected chi connectivity index (χ2v) is 6.25. The van der Waals surface area contributed by atoms with Crippen molar-refractivity contribution in [2.24, 2.45) is 23.7 Å². The molecule has 0 saturated heterocycles. The molecule has 0 spiro atoms. The van der Waals surface area contributed by atoms with Gasteiger partial charge in [0.25, 0.3) is 0 Å². The third-order valence-electron chi connectivity index (χ3n) is 4.14. The first kappa shape index (κ1) is 13.4. The molecule has 104 valence electrons. The van der Waals surface area contributed by atoms with Crippen LogP contribution in [0.3, 0.4) is 0 Å². The highest BCUT2D eigenvalue weighted by molar-refractivity contribution is 9.10. The summed E-state index contributed by atoms with van der Waals surface area (Å²) in [7, 11) is 0. The lowest BCUT2D eigenvalue weighted by Crippen LogP contribution is -2.36. The van der Waals surface area contributed by atoms with Gasteiger partial charge in [0.15, 0.2) is 0 Å². The van der Waals surface area contributed by atoms with Crippen LogP contribution >= 0.6 is 15.9 Å². The second-order valence-electron chi connectivity index (χ2n) is 5.34. The van der Waals surface area contributed by atoms with Crippen LogP contribution < -0.4 is 5.32 Å². The number of amides is 1. The van der Waals surface area contributed by atoms with Gasteiger partial charge in [0.2, 0.25) is 5.91 Å². The molecule has 2 aliphatic rings. The van der Waals surface area contributed by atoms with Crippen LogP contribution in [0.5, 0.6) is 0 Å². The molecule has 1 saturated carbocycles. The summed E-state index contributed by atoms with van der Waals surface area (Å²) in [6.07, 6.45) is 4.69. The largest absolute Gasteiger partial charge is 0.481 e. The predicted molar refractivity (Wildman–Crippen MR) is 78.1 cm³/mol. The number of carboxylic acids is 1. The third-order valence-corrected chi connectivity index (χ3v) is 4.63. The fraction of sp³-hybridized carbons (Fsp3) is 0.333. The van der Waals surface area contributed by atoms with E-state index >= 15 is 0 Å². The van der Waals surface area contributed by atoms with Gasteiger partial charge >= 0.3 is 5.97 Å². The summed E-state index contributed by atoms with van der Waals surface area (Å²) in [5, 5.41) is 12.2. The number of allylic oxidation sites excluding steroid dienone is 2. The maximum atomic E-state index is 12.4. The van der Waals surface area contributed by atoms with E-state index in [9.17, 15) is 14.7 Å². The van der Waals surface area contributed by atoms with Crippen molar-refractivity contribution in [3.05, 3.63) is 40.9 Å². The molecule has 0 heterocycles. The lowest BCUT2D eigenvalue weighted by Gasteiger charge is -2.23. The van der Waals surface area contributed by atoms with E-state index in [1.54, 1.807) is 12.1 Å². The van der Waals surface area contributed by atoms with Crippen LogP contribution in [0.1, 0.15) is 6.42 Å². The Morgan fingerprint density at radius 2 is 1.90 bits per heavy atom. The van der Waals surface area contributed by atoms with Gasteiger partial charge in [-0.1, -0.05) is 34.1 Å². The normalized spacial score (nSPS) is 30.4. The monoisotopic (exact) mass is 335 g/mol. The number of carbonyl (C=O) groups is 2. The number of halogens is 1. The van der Waals surface area contributed by atoms with E-state index in [2.05, 4.69) is 21.2 Å². The zero-order valence-electron chi connectivity index (χ0n) is 10.6. The van der Waals surface area contributed by atoms with Gasteiger partial charge in [-0.3, -0.25) is 9.59 Å². The maximum Gasteiger partial charge on any atom is 0.307 e. The molecule has 0 aromatic heterocycles. The van der Waals surface area contributed by atoms with Crippen LogP contribution in [0, 0.1) is 23.7 Å². The van der Waals surface area contributed by atoms with Crippen LogP contribution in [0.25, 0.3) is 0 Å². The first-order chi connectivity index (χ1) is 9.56. The smallest absolute Gasteiger partial charge is 0.307 e. The molecule has 0 aliphatic heterocycles. The molecule has 2 unspecified atom stereocenters. The molecular formula is C15H14BrNO3. The number of fused-ring (bicyclic) bond motifs is 2. The van der Waals surface area contributed by atoms with Gasteiger partial charge in [0.05, 0.1) is 11.8 Å². The number of aliphatic carboxylic acids is 1. The average molecular weight is 336 g/mol. The summed E-state index contributed by atoms with van der Waals surface area (Å²) in [5.41, 5.74) is 0.681. The van der Waals surface area contributed by atoms with Crippen molar-refractivity contribution in [3.8, 4) is 0 Å². The lowest BCUT2D eigenvalue weighted by molar-refractivity contribution is -0.146. The molecule has 0 radical (unpaired) electrons. The molecule has 20 heavy (non-hydrogen) atoms. The Hall–Kier alpha value is -1.62. The van der Waals surface area contributed by atoms with Gasteiger partial charge in [-0.2, -0.15) is 0 Å². The first-order valence-corrected chi connectivity index (χ1v) is 7.33. The van der Waals surface area contributed by atoms with Crippen molar-refractivity contribution < 1.29 is 14.7 Å². The zero-order chi connectivity index (χ0) is 14.3. The summed E-state index contributed by atoms with van der Waals surface area (Å²) in [4.78, 5) is 23.8. The number of hydrogen-bond acceptors (Lipinski definition) is 2. The number of anilines is 1. The van der Waals surface area contributed by atoms with Gasteiger partial charge in [-0.25, -0.2) is 0 Å². The van der Waals surface area contributed by atoms with E-state index in [0.29, 0.717) is 5.69 Å². The molecule has 2 bridgehead atoms. The Kier molecular flexibility index (Phi) is 3.38. The zero-order valence-corrected chi connectivity index (χ0v) is 12.2. The molecular weight excluding hydrogens is 322 g/mol. The fourth-order valence-corrected chi connectivity index (χ4v) is 3.71. The van der Waals surface area contributed by atoms with Crippen LogP contribution in [0.4, 0.5) is 5.69 Å². The van der Waals surface area contributed by atoms with Gasteiger partial charge in [0, 0.05) is 10.2 Å². The van der Waals surface area contributed by atoms with Crippen LogP contribution in [0.2, 0.25) is 0 Å². The third kappa shape index (κ3) is 2.26. The van der Waals surface area contributed by atoms with E-state index in [0.717, 1.165) is 10.9 Å². The van der Waals surface area contributed by atoms with E-state index in [4.69, 9.17) is 0 Å². The van der Waals surface area contributed by atoms with Gasteiger partial charge < -0.3 is 10.4 Å². The van der Waals surface area contributed by atoms with Crippen molar-refractivity contribution in [2.45, 2.75) is 6.42 Å². The molecule has 1 fully saturated rings. The SMILES string of the molecule is O=C(O)[C@@H]1C2C=CC(C2)[C@@H]1C(=O)Nc1cccc(Br)c1. The number of benzene rings is 1. The van der Waals surface area contributed by atoms with Gasteiger partial charge in [-0.15, -0.1) is 0 Å². The number of nitrogens with one attached hydrogen (secondary N) is 1. The lowest BCUT2D eigenvalue weighted by atomic mass is 9.82. The summed E-state index contributed by atoms with van der Waals surface area (Å²) >= 11 is 3.35. The Morgan fingerprint density at radius 3 is 2.55 bits per heavy atom. The summed E-state index contributed by atoms with van der Waals surface area (Å²) in [5.74, 6) is -2.11. The highest BCUT2D eigenvalue weighted by Gasteiger charge is 2.51. The molecule has 3 rings (SSSR count). The van der Waals surface area contributed by atoms with Crippen LogP contribution in [-0.2, 0) is 9.59 Å². The van der Waals surface area contributed by atoms with Crippen molar-refractivity contribution >= 4 is 33.5 Å². The highest BCUT2D eigenvalue weighted by Crippen LogP contribution is 2.48. The minimum absolute atomic E-state index is 0.00393. The fourth-order valence-electron chi connectivity index (χ4n) is 3.31. The quantitative estimate of drug-likeness (QED) is 0.834. The molecule has 4 atom stereocenters. The molecule has 1 aromatic carbocycles. The van der Waals surface area contributed by atoms with Crippen LogP contribution in [0.15, 0.2) is 40.9 Å². The predicted octanol–water partition coefficient (Wildman–Crippen LogP) is 2.91. The summed E-state index contributed by atoms with van der Waals surface area (Å²) < 4.78 is 0.873. The Labute approximate surface area is 125 Å². The van der Waals surface area contributed by atoms with E-state index < -0.39 is 17.8 Å². The summed E-state index contributed by atoms with van der Waals surface area (Å²) in [6.45, 7) is 0. The maximum absolute atomic E-state index is 12.4. The van der Waals surface area contributed by atoms with E-state index in [1.807, 2.05) is 24.3 Å². The topological polar surface area (TPSA) is 66.4 Å². The second kappa shape index (κ2) is 5.05. The Bertz CT molecular complexity index is 599. The minimum atomic E-state index is -0.878. The van der Waals surface area contributed by atoms with Crippen molar-refractivity contribution in [1.29, 1.82) is 0 Å². The van der Waals surface area contributed by atoms with E-state index in [-0.39, 0.29) is 17.7 Å². The van der Waals surface area contributed by atoms with Gasteiger partial charge in [0.1, 0.15) is 0 Å². The molecule has 1 amide bonds. The minimum Gasteiger partial charge on any atom is -0.481 e. The van der Waals surface area contributed by atoms with E-state index in [1.165, 1.54) is 0 Å². The standard InChI is InChI=1S/C15H14BrNO3/c16-10-2-1-3-11(7-10)17-14(18)12-8-4-5-9(6-8)13(12)15(19)20/h1-5,7-9,12-13H,6H2,(H,17,18)(H,19,20)/t8?,9?,12-,13+/m0/s1. The van der Waals surface area contributed by atoms with Crippen molar-refractivity contribution in [3.63, 3.8) is 0 Å². The molecule has 2 N–H and O–H groups in total. The summed E-state index contributed by atoms with van der Waals surface area (Å²) in [6, 6.07) is 7.29. The highest BCUT2D eigenvalue weighted by atomic mass is 79.9. The average Bonchev–Trinajstić information content (AvgIpc) is 2.98. The Morgan fingerprint density at radius 1 is 1.20 bits per heavy atom. The molecule has 4 nitrogen and oxygen atoms in total. The number of carboxylic acid groups (broad SMARTS) is 1. The Balaban J connectivity index is 1.80. The first-order valence-electron chi connectivity index (χ1n) is 6.54. The molecule has 2 aliphatic carbocycles. The number of carbonyl (C=O) groups excluding carboxylic acids is 1. The molecule has 5 heteroatoms. The van der Waals surface area contributed by atoms with Crippen LogP contribution in [-0.4, -0.2) is 17.0 Å².